The van der Waals surface area contributed by atoms with Gasteiger partial charge in [0.05, 0.1) is 18.5 Å². The number of imidazole rings is 1. The minimum atomic E-state index is -1.34. The molecule has 0 bridgehead atoms. The second-order valence-corrected chi connectivity index (χ2v) is 13.9. The van der Waals surface area contributed by atoms with E-state index < -0.39 is 21.4 Å². The highest BCUT2D eigenvalue weighted by Crippen LogP contribution is 2.40. The second-order valence-electron chi connectivity index (χ2n) is 11.5. The van der Waals surface area contributed by atoms with Crippen LogP contribution in [0.2, 0.25) is 13.1 Å². The van der Waals surface area contributed by atoms with Gasteiger partial charge in [-0.05, 0) is 42.5 Å². The number of fused-ring (bicyclic) bond motifs is 2. The molecule has 3 aromatic rings. The molecule has 198 valence electrons. The SMILES string of the molecule is CC(=O)O[C@@H]1C[C@@H]([C@@H](O[SiH](C)C)C(C)(C)C)O[C@H]1n1cnc2c(NC3Cc4ccccc4C3)ncnc21. The van der Waals surface area contributed by atoms with Gasteiger partial charge in [0, 0.05) is 19.4 Å². The molecule has 1 aromatic carbocycles. The van der Waals surface area contributed by atoms with Gasteiger partial charge in [-0.3, -0.25) is 9.36 Å². The summed E-state index contributed by atoms with van der Waals surface area (Å²) in [5, 5.41) is 3.58. The molecule has 37 heavy (non-hydrogen) atoms. The first-order valence-corrected chi connectivity index (χ1v) is 15.9. The average Bonchev–Trinajstić information content (AvgIpc) is 3.52. The van der Waals surface area contributed by atoms with Crippen LogP contribution in [0.4, 0.5) is 5.82 Å². The van der Waals surface area contributed by atoms with Gasteiger partial charge in [0.25, 0.3) is 0 Å². The van der Waals surface area contributed by atoms with E-state index in [1.807, 2.05) is 4.57 Å². The van der Waals surface area contributed by atoms with Crippen molar-refractivity contribution in [3.05, 3.63) is 48.0 Å². The topological polar surface area (TPSA) is 100 Å². The molecular formula is C27H37N5O4Si. The molecule has 9 nitrogen and oxygen atoms in total. The number of rotatable bonds is 7. The van der Waals surface area contributed by atoms with Gasteiger partial charge in [-0.25, -0.2) is 15.0 Å². The first-order chi connectivity index (χ1) is 17.6. The van der Waals surface area contributed by atoms with Crippen LogP contribution in [0.15, 0.2) is 36.9 Å². The third-order valence-corrected chi connectivity index (χ3v) is 7.89. The molecule has 2 aliphatic rings. The third-order valence-electron chi connectivity index (χ3n) is 7.05. The van der Waals surface area contributed by atoms with Crippen molar-refractivity contribution in [2.45, 2.75) is 90.6 Å². The number of hydrogen-bond donors (Lipinski definition) is 1. The van der Waals surface area contributed by atoms with Crippen molar-refractivity contribution in [3.8, 4) is 0 Å². The molecular weight excluding hydrogens is 486 g/mol. The van der Waals surface area contributed by atoms with Gasteiger partial charge in [0.1, 0.15) is 12.4 Å². The molecule has 1 fully saturated rings. The number of aromatic nitrogens is 4. The van der Waals surface area contributed by atoms with Gasteiger partial charge < -0.3 is 19.2 Å². The molecule has 2 aromatic heterocycles. The number of nitrogens with one attached hydrogen (secondary N) is 1. The summed E-state index contributed by atoms with van der Waals surface area (Å²) < 4.78 is 20.7. The Morgan fingerprint density at radius 1 is 1.16 bits per heavy atom. The molecule has 0 spiro atoms. The smallest absolute Gasteiger partial charge is 0.303 e. The van der Waals surface area contributed by atoms with Crippen LogP contribution in [0.5, 0.6) is 0 Å². The molecule has 5 rings (SSSR count). The Morgan fingerprint density at radius 2 is 1.86 bits per heavy atom. The molecule has 1 N–H and O–H groups in total. The van der Waals surface area contributed by atoms with Crippen LogP contribution in [0.3, 0.4) is 0 Å². The van der Waals surface area contributed by atoms with E-state index in [0.717, 1.165) is 12.8 Å². The van der Waals surface area contributed by atoms with Gasteiger partial charge >= 0.3 is 5.97 Å². The van der Waals surface area contributed by atoms with Gasteiger partial charge in [-0.1, -0.05) is 45.0 Å². The summed E-state index contributed by atoms with van der Waals surface area (Å²) in [4.78, 5) is 25.7. The summed E-state index contributed by atoms with van der Waals surface area (Å²) in [5.41, 5.74) is 3.91. The lowest BCUT2D eigenvalue weighted by Gasteiger charge is -2.36. The number of anilines is 1. The predicted octanol–water partition coefficient (Wildman–Crippen LogP) is 4.04. The summed E-state index contributed by atoms with van der Waals surface area (Å²) in [6.45, 7) is 12.2. The van der Waals surface area contributed by atoms with E-state index in [1.165, 1.54) is 18.1 Å². The van der Waals surface area contributed by atoms with E-state index in [4.69, 9.17) is 13.9 Å². The maximum Gasteiger partial charge on any atom is 0.303 e. The van der Waals surface area contributed by atoms with Crippen molar-refractivity contribution >= 4 is 32.0 Å². The average molecular weight is 524 g/mol. The van der Waals surface area contributed by atoms with Crippen molar-refractivity contribution in [2.24, 2.45) is 5.41 Å². The van der Waals surface area contributed by atoms with Gasteiger partial charge in [-0.2, -0.15) is 0 Å². The summed E-state index contributed by atoms with van der Waals surface area (Å²) in [5.74, 6) is 0.356. The number of nitrogens with zero attached hydrogens (tertiary/aromatic N) is 4. The number of carbonyl (C=O) groups is 1. The summed E-state index contributed by atoms with van der Waals surface area (Å²) in [6, 6.07) is 8.77. The predicted molar refractivity (Wildman–Crippen MR) is 144 cm³/mol. The highest BCUT2D eigenvalue weighted by molar-refractivity contribution is 6.48. The Hall–Kier alpha value is -2.82. The third kappa shape index (κ3) is 5.41. The quantitative estimate of drug-likeness (QED) is 0.366. The minimum absolute atomic E-state index is 0.118. The number of ether oxygens (including phenoxy) is 2. The normalized spacial score (nSPS) is 22.9. The van der Waals surface area contributed by atoms with E-state index in [2.05, 4.69) is 78.4 Å². The fourth-order valence-corrected chi connectivity index (χ4v) is 6.74. The number of benzene rings is 1. The Bertz CT molecular complexity index is 1250. The number of hydrogen-bond acceptors (Lipinski definition) is 8. The van der Waals surface area contributed by atoms with E-state index in [0.29, 0.717) is 23.4 Å². The fourth-order valence-electron chi connectivity index (χ4n) is 5.57. The van der Waals surface area contributed by atoms with Gasteiger partial charge in [0.2, 0.25) is 0 Å². The first-order valence-electron chi connectivity index (χ1n) is 13.1. The van der Waals surface area contributed by atoms with Crippen molar-refractivity contribution in [3.63, 3.8) is 0 Å². The van der Waals surface area contributed by atoms with E-state index in [1.54, 1.807) is 12.7 Å². The van der Waals surface area contributed by atoms with Crippen LogP contribution in [0.1, 0.15) is 51.5 Å². The van der Waals surface area contributed by atoms with Crippen molar-refractivity contribution in [1.29, 1.82) is 0 Å². The lowest BCUT2D eigenvalue weighted by molar-refractivity contribution is -0.153. The van der Waals surface area contributed by atoms with E-state index in [9.17, 15) is 4.79 Å². The standard InChI is InChI=1S/C27H37N5O4Si/c1-16(33)34-21-13-20(23(27(2,3)4)36-37(5)6)35-26(21)32-15-30-22-24(28-14-29-25(22)32)31-19-11-17-9-7-8-10-18(17)12-19/h7-10,14-15,19-21,23,26,37H,11-13H2,1-6H3,(H,28,29,31)/t20-,21+,23+,26+/m0/s1. The Balaban J connectivity index is 1.42. The molecule has 1 saturated heterocycles. The molecule has 1 aliphatic carbocycles. The number of carbonyl (C=O) groups excluding carboxylic acids is 1. The summed E-state index contributed by atoms with van der Waals surface area (Å²) >= 11 is 0. The molecule has 10 heteroatoms. The van der Waals surface area contributed by atoms with E-state index in [-0.39, 0.29) is 29.6 Å². The van der Waals surface area contributed by atoms with Crippen LogP contribution < -0.4 is 5.32 Å². The lowest BCUT2D eigenvalue weighted by atomic mass is 9.85. The van der Waals surface area contributed by atoms with Crippen LogP contribution in [-0.2, 0) is 31.5 Å². The zero-order valence-corrected chi connectivity index (χ0v) is 23.6. The number of esters is 1. The van der Waals surface area contributed by atoms with Crippen LogP contribution in [0, 0.1) is 5.41 Å². The lowest BCUT2D eigenvalue weighted by Crippen LogP contribution is -2.42. The maximum absolute atomic E-state index is 12.0. The highest BCUT2D eigenvalue weighted by atomic mass is 28.3. The van der Waals surface area contributed by atoms with Crippen LogP contribution in [-0.4, -0.2) is 58.9 Å². The molecule has 0 amide bonds. The van der Waals surface area contributed by atoms with Crippen molar-refractivity contribution in [1.82, 2.24) is 19.5 Å². The highest BCUT2D eigenvalue weighted by Gasteiger charge is 2.46. The molecule has 1 aliphatic heterocycles. The summed E-state index contributed by atoms with van der Waals surface area (Å²) in [7, 11) is -1.34. The minimum Gasteiger partial charge on any atom is -0.458 e. The van der Waals surface area contributed by atoms with Gasteiger partial charge in [-0.15, -0.1) is 0 Å². The largest absolute Gasteiger partial charge is 0.458 e. The molecule has 0 radical (unpaired) electrons. The van der Waals surface area contributed by atoms with Gasteiger partial charge in [0.15, 0.2) is 32.2 Å². The zero-order chi connectivity index (χ0) is 26.3. The maximum atomic E-state index is 12.0. The molecule has 0 unspecified atom stereocenters. The zero-order valence-electron chi connectivity index (χ0n) is 22.5. The van der Waals surface area contributed by atoms with Crippen LogP contribution >= 0.6 is 0 Å². The Labute approximate surface area is 219 Å². The molecule has 4 atom stereocenters. The van der Waals surface area contributed by atoms with E-state index >= 15 is 0 Å². The fraction of sp³-hybridized carbons (Fsp3) is 0.556. The second kappa shape index (κ2) is 10.1. The molecule has 3 heterocycles. The van der Waals surface area contributed by atoms with Crippen molar-refractivity contribution < 1.29 is 18.7 Å². The first kappa shape index (κ1) is 25.8. The van der Waals surface area contributed by atoms with Crippen molar-refractivity contribution in [2.75, 3.05) is 5.32 Å². The Kier molecular flexibility index (Phi) is 7.08. The molecule has 0 saturated carbocycles. The summed E-state index contributed by atoms with van der Waals surface area (Å²) in [6.07, 6.45) is 4.31. The Morgan fingerprint density at radius 3 is 2.49 bits per heavy atom. The monoisotopic (exact) mass is 523 g/mol. The van der Waals surface area contributed by atoms with Crippen LogP contribution in [0.25, 0.3) is 11.2 Å².